The van der Waals surface area contributed by atoms with Crippen molar-refractivity contribution in [1.82, 2.24) is 10.9 Å². The highest BCUT2D eigenvalue weighted by molar-refractivity contribution is 9.10. The molecule has 0 aliphatic rings. The zero-order chi connectivity index (χ0) is 20.9. The Morgan fingerprint density at radius 3 is 2.50 bits per heavy atom. The third kappa shape index (κ3) is 5.78. The molecular weight excluding hydrogens is 430 g/mol. The van der Waals surface area contributed by atoms with Crippen molar-refractivity contribution in [1.29, 1.82) is 0 Å². The highest BCUT2D eigenvalue weighted by Crippen LogP contribution is 2.33. The van der Waals surface area contributed by atoms with Crippen molar-refractivity contribution in [3.63, 3.8) is 0 Å². The number of nitrogens with zero attached hydrogens (tertiary/aromatic N) is 1. The minimum absolute atomic E-state index is 0.0540. The lowest BCUT2D eigenvalue weighted by Gasteiger charge is -2.23. The summed E-state index contributed by atoms with van der Waals surface area (Å²) in [6, 6.07) is 10.7. The first kappa shape index (κ1) is 21.4. The van der Waals surface area contributed by atoms with Crippen LogP contribution >= 0.6 is 15.9 Å². The molecule has 2 N–H and O–H groups in total. The number of benzene rings is 2. The van der Waals surface area contributed by atoms with Crippen LogP contribution in [0.2, 0.25) is 0 Å². The van der Waals surface area contributed by atoms with Crippen molar-refractivity contribution in [3.8, 4) is 5.75 Å². The highest BCUT2D eigenvalue weighted by atomic mass is 79.9. The van der Waals surface area contributed by atoms with Gasteiger partial charge in [-0.15, -0.1) is 0 Å². The maximum absolute atomic E-state index is 12.0. The van der Waals surface area contributed by atoms with Crippen LogP contribution in [0, 0.1) is 10.1 Å². The fraction of sp³-hybridized carbons (Fsp3) is 0.263. The van der Waals surface area contributed by atoms with E-state index in [0.717, 1.165) is 16.1 Å². The van der Waals surface area contributed by atoms with E-state index < -0.39 is 16.7 Å². The molecule has 0 unspecified atom stereocenters. The zero-order valence-corrected chi connectivity index (χ0v) is 17.2. The van der Waals surface area contributed by atoms with Crippen LogP contribution in [0.25, 0.3) is 0 Å². The minimum atomic E-state index is -0.670. The lowest BCUT2D eigenvalue weighted by molar-refractivity contribution is -0.384. The number of nitro benzene ring substituents is 1. The third-order valence-corrected chi connectivity index (χ3v) is 4.24. The molecule has 0 aromatic heterocycles. The average Bonchev–Trinajstić information content (AvgIpc) is 2.64. The first-order valence-corrected chi connectivity index (χ1v) is 9.13. The molecule has 0 radical (unpaired) electrons. The van der Waals surface area contributed by atoms with Crippen LogP contribution in [0.5, 0.6) is 5.75 Å². The Morgan fingerprint density at radius 1 is 1.14 bits per heavy atom. The standard InChI is InChI=1S/C19H20BrN3O5/c1-19(2,3)15-10-13(20)7-8-16(15)28-11-17(24)21-22-18(25)12-5-4-6-14(9-12)23(26)27/h4-10H,11H2,1-3H3,(H,21,24)(H,22,25). The van der Waals surface area contributed by atoms with E-state index in [1.807, 2.05) is 32.9 Å². The van der Waals surface area contributed by atoms with Gasteiger partial charge < -0.3 is 4.74 Å². The Morgan fingerprint density at radius 2 is 1.86 bits per heavy atom. The number of nitrogens with one attached hydrogen (secondary N) is 2. The van der Waals surface area contributed by atoms with E-state index in [-0.39, 0.29) is 23.3 Å². The second kappa shape index (κ2) is 8.83. The maximum Gasteiger partial charge on any atom is 0.276 e. The molecule has 148 valence electrons. The van der Waals surface area contributed by atoms with Crippen molar-refractivity contribution < 1.29 is 19.2 Å². The number of carbonyl (C=O) groups is 2. The fourth-order valence-corrected chi connectivity index (χ4v) is 2.71. The molecule has 0 spiro atoms. The highest BCUT2D eigenvalue weighted by Gasteiger charge is 2.20. The number of hydrogen-bond acceptors (Lipinski definition) is 5. The zero-order valence-electron chi connectivity index (χ0n) is 15.6. The second-order valence-corrected chi connectivity index (χ2v) is 7.90. The predicted octanol–water partition coefficient (Wildman–Crippen LogP) is 3.49. The number of nitro groups is 1. The summed E-state index contributed by atoms with van der Waals surface area (Å²) >= 11 is 3.42. The molecule has 0 heterocycles. The number of carbonyl (C=O) groups excluding carboxylic acids is 2. The van der Waals surface area contributed by atoms with Crippen LogP contribution in [0.1, 0.15) is 36.7 Å². The number of hydrogen-bond donors (Lipinski definition) is 2. The van der Waals surface area contributed by atoms with Gasteiger partial charge >= 0.3 is 0 Å². The van der Waals surface area contributed by atoms with Gasteiger partial charge in [0.1, 0.15) is 5.75 Å². The molecule has 2 rings (SSSR count). The fourth-order valence-electron chi connectivity index (χ4n) is 2.35. The van der Waals surface area contributed by atoms with Gasteiger partial charge in [0.2, 0.25) is 0 Å². The number of rotatable bonds is 5. The summed E-state index contributed by atoms with van der Waals surface area (Å²) in [6.07, 6.45) is 0. The van der Waals surface area contributed by atoms with E-state index in [1.54, 1.807) is 6.07 Å². The van der Waals surface area contributed by atoms with Crippen LogP contribution in [0.3, 0.4) is 0 Å². The van der Waals surface area contributed by atoms with Gasteiger partial charge in [0.15, 0.2) is 6.61 Å². The Labute approximate surface area is 170 Å². The van der Waals surface area contributed by atoms with Gasteiger partial charge in [0.05, 0.1) is 4.92 Å². The van der Waals surface area contributed by atoms with E-state index in [0.29, 0.717) is 5.75 Å². The molecule has 8 nitrogen and oxygen atoms in total. The number of ether oxygens (including phenoxy) is 1. The van der Waals surface area contributed by atoms with Crippen LogP contribution in [-0.4, -0.2) is 23.3 Å². The molecule has 0 bridgehead atoms. The molecule has 0 aliphatic carbocycles. The van der Waals surface area contributed by atoms with Gasteiger partial charge in [-0.1, -0.05) is 42.8 Å². The van der Waals surface area contributed by atoms with Gasteiger partial charge in [-0.05, 0) is 29.7 Å². The Hall–Kier alpha value is -2.94. The average molecular weight is 450 g/mol. The van der Waals surface area contributed by atoms with Gasteiger partial charge in [-0.2, -0.15) is 0 Å². The smallest absolute Gasteiger partial charge is 0.276 e. The first-order chi connectivity index (χ1) is 13.1. The van der Waals surface area contributed by atoms with Crippen molar-refractivity contribution in [2.75, 3.05) is 6.61 Å². The lowest BCUT2D eigenvalue weighted by atomic mass is 9.86. The van der Waals surface area contributed by atoms with Gasteiger partial charge in [0, 0.05) is 27.7 Å². The molecular formula is C19H20BrN3O5. The van der Waals surface area contributed by atoms with Crippen LogP contribution in [0.15, 0.2) is 46.9 Å². The van der Waals surface area contributed by atoms with Crippen molar-refractivity contribution >= 4 is 33.4 Å². The monoisotopic (exact) mass is 449 g/mol. The minimum Gasteiger partial charge on any atom is -0.483 e. The van der Waals surface area contributed by atoms with Crippen LogP contribution < -0.4 is 15.6 Å². The third-order valence-electron chi connectivity index (χ3n) is 3.74. The molecule has 0 saturated heterocycles. The molecule has 2 amide bonds. The summed E-state index contributed by atoms with van der Waals surface area (Å²) in [5.41, 5.74) is 5.01. The summed E-state index contributed by atoms with van der Waals surface area (Å²) in [5, 5.41) is 10.8. The Balaban J connectivity index is 1.94. The number of amides is 2. The molecule has 2 aromatic carbocycles. The summed E-state index contributed by atoms with van der Waals surface area (Å²) in [7, 11) is 0. The number of hydrazine groups is 1. The van der Waals surface area contributed by atoms with Gasteiger partial charge in [-0.25, -0.2) is 0 Å². The van der Waals surface area contributed by atoms with Gasteiger partial charge in [-0.3, -0.25) is 30.6 Å². The van der Waals surface area contributed by atoms with Crippen molar-refractivity contribution in [3.05, 3.63) is 68.2 Å². The van der Waals surface area contributed by atoms with Crippen LogP contribution in [0.4, 0.5) is 5.69 Å². The van der Waals surface area contributed by atoms with Crippen LogP contribution in [-0.2, 0) is 10.2 Å². The molecule has 2 aromatic rings. The normalized spacial score (nSPS) is 10.9. The molecule has 0 atom stereocenters. The summed E-state index contributed by atoms with van der Waals surface area (Å²) < 4.78 is 6.50. The van der Waals surface area contributed by atoms with E-state index in [2.05, 4.69) is 26.8 Å². The Bertz CT molecular complexity index is 909. The number of non-ortho nitro benzene ring substituents is 1. The largest absolute Gasteiger partial charge is 0.483 e. The van der Waals surface area contributed by atoms with Gasteiger partial charge in [0.25, 0.3) is 17.5 Å². The van der Waals surface area contributed by atoms with Crippen molar-refractivity contribution in [2.45, 2.75) is 26.2 Å². The summed E-state index contributed by atoms with van der Waals surface area (Å²) in [4.78, 5) is 34.2. The van der Waals surface area contributed by atoms with E-state index in [4.69, 9.17) is 4.74 Å². The van der Waals surface area contributed by atoms with E-state index in [9.17, 15) is 19.7 Å². The molecule has 0 fully saturated rings. The quantitative estimate of drug-likeness (QED) is 0.535. The van der Waals surface area contributed by atoms with E-state index in [1.165, 1.54) is 18.2 Å². The topological polar surface area (TPSA) is 111 Å². The Kier molecular flexibility index (Phi) is 6.74. The molecule has 9 heteroatoms. The van der Waals surface area contributed by atoms with E-state index >= 15 is 0 Å². The molecule has 28 heavy (non-hydrogen) atoms. The molecule has 0 aliphatic heterocycles. The van der Waals surface area contributed by atoms with Crippen molar-refractivity contribution in [2.24, 2.45) is 0 Å². The second-order valence-electron chi connectivity index (χ2n) is 6.99. The maximum atomic E-state index is 12.0. The summed E-state index contributed by atoms with van der Waals surface area (Å²) in [6.45, 7) is 5.78. The molecule has 0 saturated carbocycles. The lowest BCUT2D eigenvalue weighted by Crippen LogP contribution is -2.43. The summed E-state index contributed by atoms with van der Waals surface area (Å²) in [5.74, 6) is -0.673. The predicted molar refractivity (Wildman–Crippen MR) is 107 cm³/mol. The number of halogens is 1. The first-order valence-electron chi connectivity index (χ1n) is 8.34. The SMILES string of the molecule is CC(C)(C)c1cc(Br)ccc1OCC(=O)NNC(=O)c1cccc([N+](=O)[O-])c1.